The third kappa shape index (κ3) is 42.3. The van der Waals surface area contributed by atoms with Crippen LogP contribution >= 0.6 is 0 Å². The molecule has 5 heteroatoms. The normalized spacial score (nSPS) is 12.0. The quantitative estimate of drug-likeness (QED) is 0.0379. The highest BCUT2D eigenvalue weighted by Gasteiger charge is 2.14. The SMILES string of the molecule is CCCCCC(CCCCC)CCCCCCCCCCC(CCCCCCCCC(=O)OCCC(CCCCC)CCCCC)CN(CC)CC.O=CO. The fraction of sp³-hybridized carbons (Fsp3) is 0.960. The molecule has 0 fully saturated rings. The second-order valence-corrected chi connectivity index (χ2v) is 17.2. The standard InChI is InChI=1S/C49H99NO2.CH2O2/c1-7-13-27-35-46(36-28-14-8-2)39-31-23-19-17-18-20-24-32-40-48(45-50(11-5)12-6)41-33-25-21-22-26-34-42-49(51)52-44-43-47(37-29-15-9-3)38-30-16-10-4;2-1-3/h46-48H,7-45H2,1-6H3;1H,(H,2,3). The summed E-state index contributed by atoms with van der Waals surface area (Å²) in [5.41, 5.74) is 0. The van der Waals surface area contributed by atoms with Crippen molar-refractivity contribution in [3.63, 3.8) is 0 Å². The Kier molecular flexibility index (Phi) is 48.1. The van der Waals surface area contributed by atoms with Crippen molar-refractivity contribution in [1.82, 2.24) is 4.90 Å². The van der Waals surface area contributed by atoms with Gasteiger partial charge in [0.1, 0.15) is 0 Å². The molecule has 330 valence electrons. The Hall–Kier alpha value is -1.10. The summed E-state index contributed by atoms with van der Waals surface area (Å²) in [6.45, 7) is 17.9. The van der Waals surface area contributed by atoms with Crippen LogP contribution in [0, 0.1) is 17.8 Å². The summed E-state index contributed by atoms with van der Waals surface area (Å²) in [4.78, 5) is 23.4. The first-order chi connectivity index (χ1) is 26.9. The van der Waals surface area contributed by atoms with Crippen molar-refractivity contribution in [2.75, 3.05) is 26.2 Å². The minimum absolute atomic E-state index is 0.0368. The van der Waals surface area contributed by atoms with Gasteiger partial charge in [-0.1, -0.05) is 234 Å². The highest BCUT2D eigenvalue weighted by atomic mass is 16.5. The van der Waals surface area contributed by atoms with Gasteiger partial charge in [-0.05, 0) is 56.5 Å². The summed E-state index contributed by atoms with van der Waals surface area (Å²) in [6, 6.07) is 0. The Labute approximate surface area is 346 Å². The number of carbonyl (C=O) groups excluding carboxylic acids is 1. The highest BCUT2D eigenvalue weighted by Crippen LogP contribution is 2.25. The number of carbonyl (C=O) groups is 2. The first kappa shape index (κ1) is 56.0. The molecule has 0 radical (unpaired) electrons. The molecule has 0 heterocycles. The van der Waals surface area contributed by atoms with E-state index in [9.17, 15) is 4.79 Å². The first-order valence-corrected chi connectivity index (χ1v) is 24.9. The fourth-order valence-electron chi connectivity index (χ4n) is 8.52. The van der Waals surface area contributed by atoms with Crippen LogP contribution in [0.3, 0.4) is 0 Å². The Bertz CT molecular complexity index is 721. The van der Waals surface area contributed by atoms with E-state index in [4.69, 9.17) is 14.6 Å². The van der Waals surface area contributed by atoms with Crippen molar-refractivity contribution in [2.45, 2.75) is 266 Å². The van der Waals surface area contributed by atoms with Crippen LogP contribution in [-0.4, -0.2) is 48.7 Å². The minimum atomic E-state index is -0.250. The Morgan fingerprint density at radius 1 is 0.455 bits per heavy atom. The summed E-state index contributed by atoms with van der Waals surface area (Å²) >= 11 is 0. The third-order valence-corrected chi connectivity index (χ3v) is 12.3. The lowest BCUT2D eigenvalue weighted by Crippen LogP contribution is -2.29. The molecule has 1 N–H and O–H groups in total. The van der Waals surface area contributed by atoms with Gasteiger partial charge >= 0.3 is 5.97 Å². The number of carboxylic acid groups (broad SMARTS) is 1. The number of rotatable bonds is 43. The summed E-state index contributed by atoms with van der Waals surface area (Å²) in [5.74, 6) is 2.66. The van der Waals surface area contributed by atoms with Gasteiger partial charge in [0.2, 0.25) is 0 Å². The third-order valence-electron chi connectivity index (χ3n) is 12.3. The van der Waals surface area contributed by atoms with Crippen molar-refractivity contribution in [2.24, 2.45) is 17.8 Å². The van der Waals surface area contributed by atoms with E-state index < -0.39 is 0 Å². The molecule has 0 amide bonds. The van der Waals surface area contributed by atoms with E-state index in [-0.39, 0.29) is 12.4 Å². The van der Waals surface area contributed by atoms with Crippen molar-refractivity contribution >= 4 is 12.4 Å². The number of hydrogen-bond acceptors (Lipinski definition) is 4. The second kappa shape index (κ2) is 47.3. The van der Waals surface area contributed by atoms with Gasteiger partial charge in [-0.25, -0.2) is 0 Å². The average Bonchev–Trinajstić information content (AvgIpc) is 3.18. The van der Waals surface area contributed by atoms with Gasteiger partial charge in [0, 0.05) is 13.0 Å². The van der Waals surface area contributed by atoms with Crippen LogP contribution in [0.4, 0.5) is 0 Å². The van der Waals surface area contributed by atoms with E-state index in [0.717, 1.165) is 30.6 Å². The molecule has 1 atom stereocenters. The number of nitrogens with zero attached hydrogens (tertiary/aromatic N) is 1. The molecule has 1 unspecified atom stereocenters. The Balaban J connectivity index is 0. The fourth-order valence-corrected chi connectivity index (χ4v) is 8.52. The Morgan fingerprint density at radius 3 is 1.09 bits per heavy atom. The van der Waals surface area contributed by atoms with Crippen LogP contribution in [0.15, 0.2) is 0 Å². The van der Waals surface area contributed by atoms with Gasteiger partial charge < -0.3 is 14.7 Å². The van der Waals surface area contributed by atoms with Gasteiger partial charge in [-0.3, -0.25) is 9.59 Å². The molecule has 0 spiro atoms. The number of esters is 1. The van der Waals surface area contributed by atoms with Crippen LogP contribution in [0.2, 0.25) is 0 Å². The maximum atomic E-state index is 12.4. The Morgan fingerprint density at radius 2 is 0.745 bits per heavy atom. The van der Waals surface area contributed by atoms with Crippen molar-refractivity contribution in [1.29, 1.82) is 0 Å². The predicted octanol–water partition coefficient (Wildman–Crippen LogP) is 16.2. The lowest BCUT2D eigenvalue weighted by atomic mass is 9.90. The van der Waals surface area contributed by atoms with Gasteiger partial charge in [0.15, 0.2) is 0 Å². The molecule has 0 aromatic heterocycles. The maximum Gasteiger partial charge on any atom is 0.305 e. The first-order valence-electron chi connectivity index (χ1n) is 24.9. The minimum Gasteiger partial charge on any atom is -0.483 e. The van der Waals surface area contributed by atoms with Crippen LogP contribution < -0.4 is 0 Å². The number of ether oxygens (including phenoxy) is 1. The van der Waals surface area contributed by atoms with Crippen LogP contribution in [0.1, 0.15) is 266 Å². The van der Waals surface area contributed by atoms with E-state index in [0.29, 0.717) is 13.0 Å². The molecule has 0 bridgehead atoms. The highest BCUT2D eigenvalue weighted by molar-refractivity contribution is 5.69. The molecule has 0 rings (SSSR count). The maximum absolute atomic E-state index is 12.4. The molecular weight excluding hydrogens is 679 g/mol. The predicted molar refractivity (Wildman–Crippen MR) is 242 cm³/mol. The van der Waals surface area contributed by atoms with Gasteiger partial charge in [0.25, 0.3) is 6.47 Å². The summed E-state index contributed by atoms with van der Waals surface area (Å²) in [7, 11) is 0. The van der Waals surface area contributed by atoms with Crippen LogP contribution in [0.5, 0.6) is 0 Å². The van der Waals surface area contributed by atoms with E-state index >= 15 is 0 Å². The largest absolute Gasteiger partial charge is 0.483 e. The zero-order valence-electron chi connectivity index (χ0n) is 38.5. The van der Waals surface area contributed by atoms with E-state index in [2.05, 4.69) is 46.4 Å². The molecule has 55 heavy (non-hydrogen) atoms. The molecule has 0 aliphatic heterocycles. The van der Waals surface area contributed by atoms with E-state index in [1.165, 1.54) is 225 Å². The van der Waals surface area contributed by atoms with Gasteiger partial charge in [-0.15, -0.1) is 0 Å². The van der Waals surface area contributed by atoms with Crippen LogP contribution in [-0.2, 0) is 14.3 Å². The molecule has 0 aromatic rings. The zero-order valence-corrected chi connectivity index (χ0v) is 38.5. The van der Waals surface area contributed by atoms with Crippen LogP contribution in [0.25, 0.3) is 0 Å². The lowest BCUT2D eigenvalue weighted by Gasteiger charge is -2.25. The molecule has 0 aliphatic carbocycles. The molecule has 0 saturated carbocycles. The van der Waals surface area contributed by atoms with Crippen molar-refractivity contribution in [3.05, 3.63) is 0 Å². The second-order valence-electron chi connectivity index (χ2n) is 17.2. The molecule has 5 nitrogen and oxygen atoms in total. The topological polar surface area (TPSA) is 66.8 Å². The van der Waals surface area contributed by atoms with Crippen molar-refractivity contribution < 1.29 is 19.4 Å². The zero-order chi connectivity index (χ0) is 40.9. The number of hydrogen-bond donors (Lipinski definition) is 1. The smallest absolute Gasteiger partial charge is 0.305 e. The monoisotopic (exact) mass is 780 g/mol. The molecule has 0 saturated heterocycles. The number of unbranched alkanes of at least 4 members (excludes halogenated alkanes) is 20. The molecular formula is C50H101NO4. The van der Waals surface area contributed by atoms with Gasteiger partial charge in [0.05, 0.1) is 6.61 Å². The summed E-state index contributed by atoms with van der Waals surface area (Å²) < 4.78 is 5.67. The average molecular weight is 780 g/mol. The lowest BCUT2D eigenvalue weighted by molar-refractivity contribution is -0.144. The van der Waals surface area contributed by atoms with Crippen molar-refractivity contribution in [3.8, 4) is 0 Å². The molecule has 0 aliphatic rings. The van der Waals surface area contributed by atoms with Gasteiger partial charge in [-0.2, -0.15) is 0 Å². The van der Waals surface area contributed by atoms with E-state index in [1.807, 2.05) is 0 Å². The molecule has 0 aromatic carbocycles. The summed E-state index contributed by atoms with van der Waals surface area (Å²) in [5, 5.41) is 6.89. The summed E-state index contributed by atoms with van der Waals surface area (Å²) in [6.07, 6.45) is 47.1. The van der Waals surface area contributed by atoms with E-state index in [1.54, 1.807) is 0 Å².